The molecule has 0 bridgehead atoms. The van der Waals surface area contributed by atoms with E-state index < -0.39 is 0 Å². The number of hydrogen-bond acceptors (Lipinski definition) is 2. The molecule has 0 atom stereocenters. The summed E-state index contributed by atoms with van der Waals surface area (Å²) in [5, 5.41) is 4.10. The van der Waals surface area contributed by atoms with Crippen LogP contribution in [0.25, 0.3) is 0 Å². The number of nitrogens with one attached hydrogen (secondary N) is 1. The van der Waals surface area contributed by atoms with Crippen LogP contribution in [0, 0.1) is 5.92 Å². The Bertz CT molecular complexity index is 325. The zero-order valence-electron chi connectivity index (χ0n) is 10.9. The third-order valence-electron chi connectivity index (χ3n) is 3.28. The third kappa shape index (κ3) is 4.36. The minimum Gasteiger partial charge on any atom is -0.317 e. The Morgan fingerprint density at radius 3 is 2.41 bits per heavy atom. The molecule has 0 aliphatic carbocycles. The van der Waals surface area contributed by atoms with Gasteiger partial charge in [0.15, 0.2) is 0 Å². The number of rotatable bonds is 4. The van der Waals surface area contributed by atoms with Crippen molar-refractivity contribution < 1.29 is 0 Å². The Morgan fingerprint density at radius 2 is 1.82 bits per heavy atom. The molecule has 94 valence electrons. The summed E-state index contributed by atoms with van der Waals surface area (Å²) in [7, 11) is 0. The molecule has 2 heteroatoms. The Balaban J connectivity index is 1.88. The summed E-state index contributed by atoms with van der Waals surface area (Å²) < 4.78 is 0. The minimum atomic E-state index is 0.672. The molecule has 0 spiro atoms. The van der Waals surface area contributed by atoms with E-state index in [1.54, 1.807) is 0 Å². The number of thioether (sulfide) groups is 1. The lowest BCUT2D eigenvalue weighted by Gasteiger charge is -2.22. The highest BCUT2D eigenvalue weighted by atomic mass is 32.2. The monoisotopic (exact) mass is 249 g/mol. The normalized spacial score (nSPS) is 17.6. The van der Waals surface area contributed by atoms with Crippen LogP contribution in [0.2, 0.25) is 0 Å². The molecular weight excluding hydrogens is 226 g/mol. The van der Waals surface area contributed by atoms with Crippen LogP contribution in [0.5, 0.6) is 0 Å². The van der Waals surface area contributed by atoms with Crippen LogP contribution < -0.4 is 5.32 Å². The van der Waals surface area contributed by atoms with Gasteiger partial charge in [-0.2, -0.15) is 0 Å². The molecule has 1 saturated heterocycles. The lowest BCUT2D eigenvalue weighted by molar-refractivity contribution is 0.372. The summed E-state index contributed by atoms with van der Waals surface area (Å²) in [6, 6.07) is 9.18. The standard InChI is InChI=1S/C15H23NS/c1-12(2)17-15-5-3-13(4-6-15)11-14-7-9-16-10-8-14/h3-6,12,14,16H,7-11H2,1-2H3. The molecule has 2 rings (SSSR count). The number of piperidine rings is 1. The molecule has 0 aromatic heterocycles. The highest BCUT2D eigenvalue weighted by Crippen LogP contribution is 2.24. The Labute approximate surface area is 109 Å². The largest absolute Gasteiger partial charge is 0.317 e. The molecule has 1 aromatic rings. The van der Waals surface area contributed by atoms with Crippen molar-refractivity contribution in [3.63, 3.8) is 0 Å². The summed E-state index contributed by atoms with van der Waals surface area (Å²) in [4.78, 5) is 1.40. The highest BCUT2D eigenvalue weighted by Gasteiger charge is 2.13. The first-order valence-electron chi connectivity index (χ1n) is 6.70. The van der Waals surface area contributed by atoms with Crippen LogP contribution >= 0.6 is 11.8 Å². The molecule has 0 unspecified atom stereocenters. The maximum Gasteiger partial charge on any atom is 0.00747 e. The second-order valence-electron chi connectivity index (χ2n) is 5.21. The van der Waals surface area contributed by atoms with Gasteiger partial charge >= 0.3 is 0 Å². The van der Waals surface area contributed by atoms with E-state index in [4.69, 9.17) is 0 Å². The molecule has 1 heterocycles. The van der Waals surface area contributed by atoms with Gasteiger partial charge in [-0.05, 0) is 56.0 Å². The van der Waals surface area contributed by atoms with Gasteiger partial charge in [0.2, 0.25) is 0 Å². The van der Waals surface area contributed by atoms with E-state index in [0.29, 0.717) is 5.25 Å². The molecular formula is C15H23NS. The average molecular weight is 249 g/mol. The number of benzene rings is 1. The molecule has 0 amide bonds. The fourth-order valence-corrected chi connectivity index (χ4v) is 3.23. The Morgan fingerprint density at radius 1 is 1.18 bits per heavy atom. The predicted molar refractivity (Wildman–Crippen MR) is 76.7 cm³/mol. The van der Waals surface area contributed by atoms with Crippen LogP contribution in [-0.2, 0) is 6.42 Å². The second kappa shape index (κ2) is 6.46. The van der Waals surface area contributed by atoms with E-state index >= 15 is 0 Å². The average Bonchev–Trinajstić information content (AvgIpc) is 2.32. The summed E-state index contributed by atoms with van der Waals surface area (Å²) in [6.07, 6.45) is 3.93. The maximum atomic E-state index is 3.43. The van der Waals surface area contributed by atoms with E-state index in [-0.39, 0.29) is 0 Å². The molecule has 1 aromatic carbocycles. The van der Waals surface area contributed by atoms with E-state index in [9.17, 15) is 0 Å². The van der Waals surface area contributed by atoms with E-state index in [0.717, 1.165) is 5.92 Å². The maximum absolute atomic E-state index is 3.43. The first kappa shape index (κ1) is 13.0. The fourth-order valence-electron chi connectivity index (χ4n) is 2.40. The molecule has 1 aliphatic heterocycles. The van der Waals surface area contributed by atoms with E-state index in [1.807, 2.05) is 11.8 Å². The van der Waals surface area contributed by atoms with Gasteiger partial charge in [-0.25, -0.2) is 0 Å². The molecule has 0 saturated carbocycles. The van der Waals surface area contributed by atoms with Gasteiger partial charge in [0.1, 0.15) is 0 Å². The van der Waals surface area contributed by atoms with Gasteiger partial charge in [0.25, 0.3) is 0 Å². The first-order chi connectivity index (χ1) is 8.24. The fraction of sp³-hybridized carbons (Fsp3) is 0.600. The molecule has 1 fully saturated rings. The third-order valence-corrected chi connectivity index (χ3v) is 4.29. The first-order valence-corrected chi connectivity index (χ1v) is 7.58. The summed E-state index contributed by atoms with van der Waals surface area (Å²) in [5.74, 6) is 0.889. The van der Waals surface area contributed by atoms with Crippen LogP contribution in [0.1, 0.15) is 32.3 Å². The van der Waals surface area contributed by atoms with Gasteiger partial charge in [-0.15, -0.1) is 11.8 Å². The minimum absolute atomic E-state index is 0.672. The van der Waals surface area contributed by atoms with Gasteiger partial charge in [-0.3, -0.25) is 0 Å². The van der Waals surface area contributed by atoms with Crippen molar-refractivity contribution in [2.45, 2.75) is 43.3 Å². The molecule has 0 radical (unpaired) electrons. The van der Waals surface area contributed by atoms with Crippen molar-refractivity contribution in [1.29, 1.82) is 0 Å². The summed E-state index contributed by atoms with van der Waals surface area (Å²) in [5.41, 5.74) is 1.50. The van der Waals surface area contributed by atoms with Crippen LogP contribution in [0.4, 0.5) is 0 Å². The smallest absolute Gasteiger partial charge is 0.00747 e. The topological polar surface area (TPSA) is 12.0 Å². The van der Waals surface area contributed by atoms with Gasteiger partial charge < -0.3 is 5.32 Å². The lowest BCUT2D eigenvalue weighted by Crippen LogP contribution is -2.28. The van der Waals surface area contributed by atoms with Crippen molar-refractivity contribution in [2.24, 2.45) is 5.92 Å². The SMILES string of the molecule is CC(C)Sc1ccc(CC2CCNCC2)cc1. The van der Waals surface area contributed by atoms with Crippen molar-refractivity contribution in [3.8, 4) is 0 Å². The van der Waals surface area contributed by atoms with Crippen molar-refractivity contribution in [3.05, 3.63) is 29.8 Å². The Kier molecular flexibility index (Phi) is 4.93. The summed E-state index contributed by atoms with van der Waals surface area (Å²) in [6.45, 7) is 6.89. The van der Waals surface area contributed by atoms with Crippen LogP contribution in [-0.4, -0.2) is 18.3 Å². The summed E-state index contributed by atoms with van der Waals surface area (Å²) >= 11 is 1.94. The van der Waals surface area contributed by atoms with E-state index in [1.165, 1.54) is 42.8 Å². The van der Waals surface area contributed by atoms with Crippen LogP contribution in [0.15, 0.2) is 29.2 Å². The van der Waals surface area contributed by atoms with Crippen molar-refractivity contribution in [1.82, 2.24) is 5.32 Å². The second-order valence-corrected chi connectivity index (χ2v) is 6.86. The molecule has 1 nitrogen and oxygen atoms in total. The number of hydrogen-bond donors (Lipinski definition) is 1. The van der Waals surface area contributed by atoms with Gasteiger partial charge in [-0.1, -0.05) is 26.0 Å². The lowest BCUT2D eigenvalue weighted by atomic mass is 9.91. The van der Waals surface area contributed by atoms with E-state index in [2.05, 4.69) is 43.4 Å². The van der Waals surface area contributed by atoms with Crippen molar-refractivity contribution >= 4 is 11.8 Å². The quantitative estimate of drug-likeness (QED) is 0.816. The van der Waals surface area contributed by atoms with Gasteiger partial charge in [0.05, 0.1) is 0 Å². The molecule has 1 N–H and O–H groups in total. The van der Waals surface area contributed by atoms with Crippen molar-refractivity contribution in [2.75, 3.05) is 13.1 Å². The zero-order chi connectivity index (χ0) is 12.1. The highest BCUT2D eigenvalue weighted by molar-refractivity contribution is 7.99. The van der Waals surface area contributed by atoms with Gasteiger partial charge in [0, 0.05) is 10.1 Å². The zero-order valence-corrected chi connectivity index (χ0v) is 11.7. The molecule has 1 aliphatic rings. The van der Waals surface area contributed by atoms with Crippen LogP contribution in [0.3, 0.4) is 0 Å². The predicted octanol–water partition coefficient (Wildman–Crippen LogP) is 3.73. The molecule has 17 heavy (non-hydrogen) atoms. The Hall–Kier alpha value is -0.470.